The van der Waals surface area contributed by atoms with Gasteiger partial charge in [-0.15, -0.1) is 11.3 Å². The van der Waals surface area contributed by atoms with Crippen molar-refractivity contribution in [3.05, 3.63) is 29.3 Å². The number of carbonyl (C=O) groups is 1. The Hall–Kier alpha value is -1.50. The number of benzene rings is 1. The zero-order valence-corrected chi connectivity index (χ0v) is 14.4. The Kier molecular flexibility index (Phi) is 5.25. The summed E-state index contributed by atoms with van der Waals surface area (Å²) in [6.45, 7) is 6.66. The van der Waals surface area contributed by atoms with Gasteiger partial charge in [0.05, 0.1) is 35.0 Å². The number of nitrogens with one attached hydrogen (secondary N) is 1. The molecule has 0 saturated carbocycles. The number of amides is 1. The van der Waals surface area contributed by atoms with E-state index in [9.17, 15) is 4.79 Å². The summed E-state index contributed by atoms with van der Waals surface area (Å²) in [5.74, 6) is 0.0757. The van der Waals surface area contributed by atoms with Gasteiger partial charge in [0.25, 0.3) is 0 Å². The van der Waals surface area contributed by atoms with Gasteiger partial charge in [0.1, 0.15) is 0 Å². The van der Waals surface area contributed by atoms with Gasteiger partial charge in [-0.3, -0.25) is 9.69 Å². The summed E-state index contributed by atoms with van der Waals surface area (Å²) in [5.41, 5.74) is 1.04. The van der Waals surface area contributed by atoms with Gasteiger partial charge in [-0.05, 0) is 26.0 Å². The number of nitrogens with zero attached hydrogens (tertiary/aromatic N) is 2. The molecule has 1 aromatic heterocycles. The van der Waals surface area contributed by atoms with E-state index in [4.69, 9.17) is 4.74 Å². The highest BCUT2D eigenvalue weighted by atomic mass is 32.1. The van der Waals surface area contributed by atoms with Crippen molar-refractivity contribution in [3.63, 3.8) is 0 Å². The second kappa shape index (κ2) is 7.38. The number of rotatable bonds is 5. The highest BCUT2D eigenvalue weighted by molar-refractivity contribution is 7.18. The van der Waals surface area contributed by atoms with Crippen molar-refractivity contribution in [2.75, 3.05) is 26.3 Å². The molecule has 0 bridgehead atoms. The standard InChI is InChI=1S/C17H23N3O2S/c1-12-10-22-11-13(2)20(12)9-16(21)18-8-7-17-19-14-5-3-4-6-15(14)23-17/h3-6,12-13H,7-11H2,1-2H3,(H,18,21). The molecule has 1 N–H and O–H groups in total. The van der Waals surface area contributed by atoms with E-state index < -0.39 is 0 Å². The van der Waals surface area contributed by atoms with Crippen molar-refractivity contribution < 1.29 is 9.53 Å². The van der Waals surface area contributed by atoms with Crippen LogP contribution in [0.1, 0.15) is 18.9 Å². The van der Waals surface area contributed by atoms with Gasteiger partial charge in [0.2, 0.25) is 5.91 Å². The molecule has 1 aliphatic heterocycles. The van der Waals surface area contributed by atoms with Crippen molar-refractivity contribution in [2.24, 2.45) is 0 Å². The number of hydrogen-bond acceptors (Lipinski definition) is 5. The number of carbonyl (C=O) groups excluding carboxylic acids is 1. The SMILES string of the molecule is CC1COCC(C)N1CC(=O)NCCc1nc2ccccc2s1. The average molecular weight is 333 g/mol. The molecule has 6 heteroatoms. The van der Waals surface area contributed by atoms with Crippen molar-refractivity contribution >= 4 is 27.5 Å². The number of thiazole rings is 1. The van der Waals surface area contributed by atoms with E-state index in [-0.39, 0.29) is 18.0 Å². The normalized spacial score (nSPS) is 22.3. The predicted octanol–water partition coefficient (Wildman–Crippen LogP) is 2.06. The maximum Gasteiger partial charge on any atom is 0.234 e. The van der Waals surface area contributed by atoms with E-state index >= 15 is 0 Å². The largest absolute Gasteiger partial charge is 0.378 e. The minimum Gasteiger partial charge on any atom is -0.378 e. The topological polar surface area (TPSA) is 54.5 Å². The number of hydrogen-bond donors (Lipinski definition) is 1. The minimum atomic E-state index is 0.0757. The molecule has 1 aliphatic rings. The van der Waals surface area contributed by atoms with Crippen LogP contribution in [0.2, 0.25) is 0 Å². The monoisotopic (exact) mass is 333 g/mol. The summed E-state index contributed by atoms with van der Waals surface area (Å²) in [4.78, 5) is 18.9. The summed E-state index contributed by atoms with van der Waals surface area (Å²) >= 11 is 1.70. The molecule has 1 aromatic carbocycles. The maximum absolute atomic E-state index is 12.2. The van der Waals surface area contributed by atoms with E-state index in [1.807, 2.05) is 18.2 Å². The van der Waals surface area contributed by atoms with Crippen molar-refractivity contribution in [3.8, 4) is 0 Å². The molecule has 1 saturated heterocycles. The van der Waals surface area contributed by atoms with Crippen molar-refractivity contribution in [1.82, 2.24) is 15.2 Å². The fourth-order valence-electron chi connectivity index (χ4n) is 2.90. The highest BCUT2D eigenvalue weighted by Crippen LogP contribution is 2.21. The lowest BCUT2D eigenvalue weighted by molar-refractivity contribution is -0.126. The number of ether oxygens (including phenoxy) is 1. The van der Waals surface area contributed by atoms with Crippen molar-refractivity contribution in [1.29, 1.82) is 0 Å². The Balaban J connectivity index is 1.47. The summed E-state index contributed by atoms with van der Waals surface area (Å²) in [6, 6.07) is 8.70. The fourth-order valence-corrected chi connectivity index (χ4v) is 3.87. The lowest BCUT2D eigenvalue weighted by Crippen LogP contribution is -2.53. The summed E-state index contributed by atoms with van der Waals surface area (Å²) in [7, 11) is 0. The smallest absolute Gasteiger partial charge is 0.234 e. The van der Waals surface area contributed by atoms with Gasteiger partial charge < -0.3 is 10.1 Å². The lowest BCUT2D eigenvalue weighted by atomic mass is 10.2. The molecule has 0 aliphatic carbocycles. The van der Waals surface area contributed by atoms with Crippen molar-refractivity contribution in [2.45, 2.75) is 32.4 Å². The molecule has 5 nitrogen and oxygen atoms in total. The van der Waals surface area contributed by atoms with Crippen LogP contribution >= 0.6 is 11.3 Å². The molecule has 1 amide bonds. The zero-order chi connectivity index (χ0) is 16.2. The Morgan fingerprint density at radius 3 is 2.83 bits per heavy atom. The summed E-state index contributed by atoms with van der Waals surface area (Å²) in [5, 5.41) is 4.08. The highest BCUT2D eigenvalue weighted by Gasteiger charge is 2.26. The van der Waals surface area contributed by atoms with Gasteiger partial charge in [0.15, 0.2) is 0 Å². The van der Waals surface area contributed by atoms with Gasteiger partial charge in [0, 0.05) is 25.0 Å². The van der Waals surface area contributed by atoms with Crippen LogP contribution < -0.4 is 5.32 Å². The third-order valence-electron chi connectivity index (χ3n) is 4.18. The van der Waals surface area contributed by atoms with Crippen LogP contribution in [0.3, 0.4) is 0 Å². The minimum absolute atomic E-state index is 0.0757. The van der Waals surface area contributed by atoms with Crippen LogP contribution in [0.4, 0.5) is 0 Å². The first kappa shape index (κ1) is 16.4. The van der Waals surface area contributed by atoms with E-state index in [2.05, 4.69) is 35.1 Å². The van der Waals surface area contributed by atoms with E-state index in [0.717, 1.165) is 16.9 Å². The first-order valence-corrected chi connectivity index (χ1v) is 8.90. The Morgan fingerprint density at radius 1 is 1.35 bits per heavy atom. The lowest BCUT2D eigenvalue weighted by Gasteiger charge is -2.38. The Bertz CT molecular complexity index is 630. The van der Waals surface area contributed by atoms with Crippen LogP contribution in [0.25, 0.3) is 10.2 Å². The molecule has 2 atom stereocenters. The van der Waals surface area contributed by atoms with Gasteiger partial charge in [-0.1, -0.05) is 12.1 Å². The first-order valence-electron chi connectivity index (χ1n) is 8.08. The Labute approximate surface area is 140 Å². The van der Waals surface area contributed by atoms with E-state index in [1.54, 1.807) is 11.3 Å². The third-order valence-corrected chi connectivity index (χ3v) is 5.27. The van der Waals surface area contributed by atoms with Crippen LogP contribution in [-0.2, 0) is 16.0 Å². The third kappa shape index (κ3) is 4.07. The van der Waals surface area contributed by atoms with Crippen LogP contribution in [0.5, 0.6) is 0 Å². The number of para-hydroxylation sites is 1. The molecular weight excluding hydrogens is 310 g/mol. The van der Waals surface area contributed by atoms with Crippen LogP contribution in [0, 0.1) is 0 Å². The molecule has 23 heavy (non-hydrogen) atoms. The molecule has 1 fully saturated rings. The van der Waals surface area contributed by atoms with Crippen LogP contribution in [0.15, 0.2) is 24.3 Å². The maximum atomic E-state index is 12.2. The van der Waals surface area contributed by atoms with Gasteiger partial charge >= 0.3 is 0 Å². The number of fused-ring (bicyclic) bond motifs is 1. The zero-order valence-electron chi connectivity index (χ0n) is 13.6. The molecule has 2 unspecified atom stereocenters. The van der Waals surface area contributed by atoms with Gasteiger partial charge in [-0.2, -0.15) is 0 Å². The van der Waals surface area contributed by atoms with Crippen LogP contribution in [-0.4, -0.2) is 54.2 Å². The number of morpholine rings is 1. The summed E-state index contributed by atoms with van der Waals surface area (Å²) < 4.78 is 6.69. The first-order chi connectivity index (χ1) is 11.1. The molecule has 0 spiro atoms. The average Bonchev–Trinajstić information content (AvgIpc) is 2.94. The Morgan fingerprint density at radius 2 is 2.09 bits per heavy atom. The quantitative estimate of drug-likeness (QED) is 0.910. The van der Waals surface area contributed by atoms with E-state index in [0.29, 0.717) is 26.3 Å². The predicted molar refractivity (Wildman–Crippen MR) is 92.8 cm³/mol. The molecule has 2 aromatic rings. The fraction of sp³-hybridized carbons (Fsp3) is 0.529. The molecule has 2 heterocycles. The molecular formula is C17H23N3O2S. The molecule has 124 valence electrons. The summed E-state index contributed by atoms with van der Waals surface area (Å²) in [6.07, 6.45) is 0.777. The van der Waals surface area contributed by atoms with Gasteiger partial charge in [-0.25, -0.2) is 4.98 Å². The van der Waals surface area contributed by atoms with E-state index in [1.165, 1.54) is 4.70 Å². The molecule has 0 radical (unpaired) electrons. The molecule has 3 rings (SSSR count). The second-order valence-corrected chi connectivity index (χ2v) is 7.20. The second-order valence-electron chi connectivity index (χ2n) is 6.08. The number of aromatic nitrogens is 1.